The van der Waals surface area contributed by atoms with Gasteiger partial charge in [0.25, 0.3) is 0 Å². The van der Waals surface area contributed by atoms with E-state index in [-0.39, 0.29) is 0 Å². The highest BCUT2D eigenvalue weighted by atomic mass is 35.5. The summed E-state index contributed by atoms with van der Waals surface area (Å²) in [7, 11) is 6.02. The molecule has 4 nitrogen and oxygen atoms in total. The van der Waals surface area contributed by atoms with E-state index in [0.717, 1.165) is 31.8 Å². The van der Waals surface area contributed by atoms with Crippen LogP contribution >= 0.6 is 11.6 Å². The summed E-state index contributed by atoms with van der Waals surface area (Å²) in [5, 5.41) is 0.627. The summed E-state index contributed by atoms with van der Waals surface area (Å²) >= 11 is 6.26. The van der Waals surface area contributed by atoms with Crippen molar-refractivity contribution < 1.29 is 0 Å². The second kappa shape index (κ2) is 6.23. The lowest BCUT2D eigenvalue weighted by molar-refractivity contribution is 0.385. The lowest BCUT2D eigenvalue weighted by Crippen LogP contribution is -2.28. The van der Waals surface area contributed by atoms with Crippen molar-refractivity contribution in [2.45, 2.75) is 6.42 Å². The molecule has 0 atom stereocenters. The number of likely N-dealkylation sites (N-methyl/N-ethyl adjacent to an activating group) is 1. The highest BCUT2D eigenvalue weighted by Crippen LogP contribution is 2.12. The molecule has 1 heterocycles. The van der Waals surface area contributed by atoms with E-state index in [2.05, 4.69) is 16.9 Å². The van der Waals surface area contributed by atoms with Crippen LogP contribution in [0.3, 0.4) is 0 Å². The van der Waals surface area contributed by atoms with Gasteiger partial charge in [-0.3, -0.25) is 4.99 Å². The molecular weight excluding hydrogens is 224 g/mol. The van der Waals surface area contributed by atoms with Gasteiger partial charge < -0.3 is 15.5 Å². The normalized spacial score (nSPS) is 20.4. The van der Waals surface area contributed by atoms with Gasteiger partial charge in [0.2, 0.25) is 0 Å². The maximum atomic E-state index is 6.26. The van der Waals surface area contributed by atoms with Crippen LogP contribution in [-0.2, 0) is 0 Å². The van der Waals surface area contributed by atoms with Gasteiger partial charge >= 0.3 is 0 Å². The third-order valence-electron chi connectivity index (χ3n) is 2.44. The van der Waals surface area contributed by atoms with E-state index in [0.29, 0.717) is 17.3 Å². The van der Waals surface area contributed by atoms with Crippen LogP contribution in [0.2, 0.25) is 0 Å². The zero-order chi connectivity index (χ0) is 12.1. The molecule has 0 amide bonds. The fourth-order valence-electron chi connectivity index (χ4n) is 1.67. The molecular formula is C11H21ClN4. The van der Waals surface area contributed by atoms with Crippen molar-refractivity contribution in [3.63, 3.8) is 0 Å². The molecule has 92 valence electrons. The second-order valence-corrected chi connectivity index (χ2v) is 4.87. The standard InChI is InChI=1S/C11H21ClN4/c1-15(2)7-9(13)11(12)10-8-16(3)6-4-5-14-10/h4-8,13H2,1-3H3/b11-9+. The Morgan fingerprint density at radius 1 is 1.56 bits per heavy atom. The first-order valence-electron chi connectivity index (χ1n) is 5.51. The van der Waals surface area contributed by atoms with Gasteiger partial charge in [-0.2, -0.15) is 0 Å². The first-order chi connectivity index (χ1) is 7.50. The number of nitrogens with two attached hydrogens (primary N) is 1. The third-order valence-corrected chi connectivity index (χ3v) is 2.90. The molecule has 1 rings (SSSR count). The molecule has 0 saturated carbocycles. The number of aliphatic imine (C=N–C) groups is 1. The largest absolute Gasteiger partial charge is 0.400 e. The Bertz CT molecular complexity index is 296. The zero-order valence-corrected chi connectivity index (χ0v) is 11.1. The van der Waals surface area contributed by atoms with Gasteiger partial charge in [-0.1, -0.05) is 11.6 Å². The first-order valence-corrected chi connectivity index (χ1v) is 5.89. The summed E-state index contributed by atoms with van der Waals surface area (Å²) < 4.78 is 0. The Labute approximate surface area is 103 Å². The lowest BCUT2D eigenvalue weighted by atomic mass is 10.2. The molecule has 0 aromatic carbocycles. The van der Waals surface area contributed by atoms with Crippen molar-refractivity contribution in [2.75, 3.05) is 47.3 Å². The fourth-order valence-corrected chi connectivity index (χ4v) is 1.85. The summed E-state index contributed by atoms with van der Waals surface area (Å²) in [4.78, 5) is 8.71. The zero-order valence-electron chi connectivity index (χ0n) is 10.3. The van der Waals surface area contributed by atoms with Crippen LogP contribution in [0, 0.1) is 0 Å². The number of hydrogen-bond acceptors (Lipinski definition) is 4. The number of halogens is 1. The van der Waals surface area contributed by atoms with Gasteiger partial charge in [0.1, 0.15) is 0 Å². The first kappa shape index (κ1) is 13.5. The second-order valence-electron chi connectivity index (χ2n) is 4.50. The SMILES string of the molecule is CN(C)C/C(N)=C(\Cl)C1=NCCCN(C)C1. The highest BCUT2D eigenvalue weighted by molar-refractivity contribution is 6.44. The number of hydrogen-bond donors (Lipinski definition) is 1. The van der Waals surface area contributed by atoms with E-state index < -0.39 is 0 Å². The van der Waals surface area contributed by atoms with Crippen LogP contribution in [0.5, 0.6) is 0 Å². The van der Waals surface area contributed by atoms with Gasteiger partial charge in [-0.05, 0) is 27.6 Å². The van der Waals surface area contributed by atoms with E-state index in [1.807, 2.05) is 19.0 Å². The Kier molecular flexibility index (Phi) is 5.25. The minimum absolute atomic E-state index is 0.627. The molecule has 2 N–H and O–H groups in total. The Hall–Kier alpha value is -0.580. The molecule has 0 aromatic heterocycles. The van der Waals surface area contributed by atoms with Crippen molar-refractivity contribution in [1.82, 2.24) is 9.80 Å². The monoisotopic (exact) mass is 244 g/mol. The molecule has 1 aliphatic heterocycles. The van der Waals surface area contributed by atoms with E-state index in [1.165, 1.54) is 0 Å². The van der Waals surface area contributed by atoms with E-state index >= 15 is 0 Å². The van der Waals surface area contributed by atoms with Crippen molar-refractivity contribution in [3.05, 3.63) is 10.7 Å². The van der Waals surface area contributed by atoms with Gasteiger partial charge in [0.05, 0.1) is 10.7 Å². The topological polar surface area (TPSA) is 44.9 Å². The van der Waals surface area contributed by atoms with Crippen molar-refractivity contribution in [1.29, 1.82) is 0 Å². The molecule has 5 heteroatoms. The van der Waals surface area contributed by atoms with Gasteiger partial charge in [0, 0.05) is 31.9 Å². The van der Waals surface area contributed by atoms with Crippen molar-refractivity contribution in [3.8, 4) is 0 Å². The van der Waals surface area contributed by atoms with Crippen LogP contribution in [0.25, 0.3) is 0 Å². The van der Waals surface area contributed by atoms with E-state index in [9.17, 15) is 0 Å². The van der Waals surface area contributed by atoms with Gasteiger partial charge in [-0.25, -0.2) is 0 Å². The van der Waals surface area contributed by atoms with Gasteiger partial charge in [-0.15, -0.1) is 0 Å². The fraction of sp³-hybridized carbons (Fsp3) is 0.727. The van der Waals surface area contributed by atoms with Crippen LogP contribution in [0.1, 0.15) is 6.42 Å². The molecule has 0 spiro atoms. The maximum Gasteiger partial charge on any atom is 0.0830 e. The van der Waals surface area contributed by atoms with E-state index in [1.54, 1.807) is 0 Å². The van der Waals surface area contributed by atoms with Crippen LogP contribution in [0.15, 0.2) is 15.7 Å². The third kappa shape index (κ3) is 4.12. The predicted octanol–water partition coefficient (Wildman–Crippen LogP) is 0.734. The molecule has 1 aliphatic rings. The van der Waals surface area contributed by atoms with Crippen LogP contribution in [-0.4, -0.2) is 62.8 Å². The van der Waals surface area contributed by atoms with Crippen molar-refractivity contribution >= 4 is 17.3 Å². The Morgan fingerprint density at radius 3 is 2.88 bits per heavy atom. The molecule has 0 bridgehead atoms. The summed E-state index contributed by atoms with van der Waals surface area (Å²) in [5.41, 5.74) is 7.56. The molecule has 0 unspecified atom stereocenters. The maximum absolute atomic E-state index is 6.26. The van der Waals surface area contributed by atoms with Crippen molar-refractivity contribution in [2.24, 2.45) is 10.7 Å². The Morgan fingerprint density at radius 2 is 2.25 bits per heavy atom. The smallest absolute Gasteiger partial charge is 0.0830 e. The van der Waals surface area contributed by atoms with Crippen LogP contribution in [0.4, 0.5) is 0 Å². The minimum atomic E-state index is 0.627. The van der Waals surface area contributed by atoms with E-state index in [4.69, 9.17) is 17.3 Å². The molecule has 0 aliphatic carbocycles. The minimum Gasteiger partial charge on any atom is -0.400 e. The number of rotatable bonds is 3. The highest BCUT2D eigenvalue weighted by Gasteiger charge is 2.14. The van der Waals surface area contributed by atoms with Gasteiger partial charge in [0.15, 0.2) is 0 Å². The number of nitrogens with zero attached hydrogens (tertiary/aromatic N) is 3. The molecule has 0 saturated heterocycles. The molecule has 0 fully saturated rings. The summed E-state index contributed by atoms with van der Waals surface area (Å²) in [6.07, 6.45) is 1.08. The molecule has 0 radical (unpaired) electrons. The summed E-state index contributed by atoms with van der Waals surface area (Å²) in [6.45, 7) is 3.35. The quantitative estimate of drug-likeness (QED) is 0.796. The summed E-state index contributed by atoms with van der Waals surface area (Å²) in [6, 6.07) is 0. The summed E-state index contributed by atoms with van der Waals surface area (Å²) in [5.74, 6) is 0. The lowest BCUT2D eigenvalue weighted by Gasteiger charge is -2.16. The van der Waals surface area contributed by atoms with Crippen LogP contribution < -0.4 is 5.73 Å². The molecule has 0 aromatic rings. The average Bonchev–Trinajstić information content (AvgIpc) is 2.40. The predicted molar refractivity (Wildman–Crippen MR) is 70.0 cm³/mol. The molecule has 16 heavy (non-hydrogen) atoms. The average molecular weight is 245 g/mol. The Balaban J connectivity index is 2.77.